The summed E-state index contributed by atoms with van der Waals surface area (Å²) in [6.07, 6.45) is 1.45. The summed E-state index contributed by atoms with van der Waals surface area (Å²) < 4.78 is 0. The first-order chi connectivity index (χ1) is 6.90. The minimum absolute atomic E-state index is 0.262. The summed E-state index contributed by atoms with van der Waals surface area (Å²) in [7, 11) is 0. The Morgan fingerprint density at radius 1 is 1.53 bits per heavy atom. The van der Waals surface area contributed by atoms with Gasteiger partial charge < -0.3 is 21.4 Å². The summed E-state index contributed by atoms with van der Waals surface area (Å²) in [5.74, 6) is 0.262. The summed E-state index contributed by atoms with van der Waals surface area (Å²) in [6.45, 7) is 7.05. The highest BCUT2D eigenvalue weighted by atomic mass is 16.4. The Kier molecular flexibility index (Phi) is 6.27. The average molecular weight is 217 g/mol. The van der Waals surface area contributed by atoms with E-state index in [1.165, 1.54) is 0 Å². The summed E-state index contributed by atoms with van der Waals surface area (Å²) >= 11 is 0. The van der Waals surface area contributed by atoms with Crippen LogP contribution in [0.5, 0.6) is 0 Å². The largest absolute Gasteiger partial charge is 0.409 e. The van der Waals surface area contributed by atoms with Gasteiger partial charge in [-0.3, -0.25) is 0 Å². The zero-order chi connectivity index (χ0) is 11.9. The van der Waals surface area contributed by atoms with Gasteiger partial charge in [-0.05, 0) is 26.3 Å². The van der Waals surface area contributed by atoms with Crippen LogP contribution in [0.25, 0.3) is 0 Å². The molecular weight excluding hydrogens is 194 g/mol. The number of oxime groups is 1. The molecule has 0 amide bonds. The zero-order valence-corrected chi connectivity index (χ0v) is 9.82. The first-order valence-electron chi connectivity index (χ1n) is 5.27. The van der Waals surface area contributed by atoms with E-state index in [1.807, 2.05) is 13.8 Å². The Bertz CT molecular complexity index is 203. The second kappa shape index (κ2) is 6.63. The van der Waals surface area contributed by atoms with Gasteiger partial charge in [0.1, 0.15) is 5.84 Å². The SMILES string of the molecule is CC(O)CNCCCC(C)(C)C(N)=NO. The van der Waals surface area contributed by atoms with Gasteiger partial charge in [0.05, 0.1) is 6.10 Å². The van der Waals surface area contributed by atoms with Crippen LogP contribution in [0, 0.1) is 5.41 Å². The number of hydrogen-bond donors (Lipinski definition) is 4. The second-order valence-electron chi connectivity index (χ2n) is 4.53. The van der Waals surface area contributed by atoms with E-state index in [-0.39, 0.29) is 17.4 Å². The third-order valence-electron chi connectivity index (χ3n) is 2.40. The Hall–Kier alpha value is -0.810. The normalized spacial score (nSPS) is 15.3. The van der Waals surface area contributed by atoms with Gasteiger partial charge >= 0.3 is 0 Å². The quantitative estimate of drug-likeness (QED) is 0.164. The van der Waals surface area contributed by atoms with E-state index in [9.17, 15) is 0 Å². The monoisotopic (exact) mass is 217 g/mol. The average Bonchev–Trinajstić information content (AvgIpc) is 2.15. The van der Waals surface area contributed by atoms with Crippen molar-refractivity contribution in [3.8, 4) is 0 Å². The number of nitrogens with two attached hydrogens (primary N) is 1. The van der Waals surface area contributed by atoms with E-state index in [0.717, 1.165) is 19.4 Å². The first kappa shape index (κ1) is 14.2. The Morgan fingerprint density at radius 3 is 2.60 bits per heavy atom. The van der Waals surface area contributed by atoms with Crippen molar-refractivity contribution in [1.82, 2.24) is 5.32 Å². The van der Waals surface area contributed by atoms with Crippen molar-refractivity contribution in [3.05, 3.63) is 0 Å². The van der Waals surface area contributed by atoms with Crippen LogP contribution in [0.4, 0.5) is 0 Å². The van der Waals surface area contributed by atoms with Crippen LogP contribution >= 0.6 is 0 Å². The molecular formula is C10H23N3O2. The molecule has 0 heterocycles. The molecule has 5 N–H and O–H groups in total. The molecule has 0 aromatic carbocycles. The fraction of sp³-hybridized carbons (Fsp3) is 0.900. The molecule has 90 valence electrons. The standard InChI is InChI=1S/C10H23N3O2/c1-8(14)7-12-6-4-5-10(2,3)9(11)13-15/h8,12,14-15H,4-7H2,1-3H3,(H2,11,13). The van der Waals surface area contributed by atoms with Crippen LogP contribution in [0.2, 0.25) is 0 Å². The molecule has 1 atom stereocenters. The molecule has 0 saturated heterocycles. The molecule has 1 unspecified atom stereocenters. The van der Waals surface area contributed by atoms with Gasteiger partial charge in [-0.25, -0.2) is 0 Å². The van der Waals surface area contributed by atoms with Crippen LogP contribution in [0.15, 0.2) is 5.16 Å². The van der Waals surface area contributed by atoms with E-state index < -0.39 is 0 Å². The van der Waals surface area contributed by atoms with E-state index in [0.29, 0.717) is 6.54 Å². The molecule has 0 aliphatic heterocycles. The van der Waals surface area contributed by atoms with Gasteiger partial charge in [0.2, 0.25) is 0 Å². The molecule has 0 spiro atoms. The third-order valence-corrected chi connectivity index (χ3v) is 2.40. The predicted octanol–water partition coefficient (Wildman–Crippen LogP) is 0.510. The Balaban J connectivity index is 3.67. The third kappa shape index (κ3) is 6.30. The molecule has 0 aromatic rings. The van der Waals surface area contributed by atoms with Crippen molar-refractivity contribution in [2.75, 3.05) is 13.1 Å². The molecule has 0 saturated carbocycles. The molecule has 0 aromatic heterocycles. The van der Waals surface area contributed by atoms with Crippen LogP contribution in [-0.4, -0.2) is 35.3 Å². The van der Waals surface area contributed by atoms with Crippen LogP contribution in [0.3, 0.4) is 0 Å². The molecule has 15 heavy (non-hydrogen) atoms. The highest BCUT2D eigenvalue weighted by Crippen LogP contribution is 2.21. The second-order valence-corrected chi connectivity index (χ2v) is 4.53. The first-order valence-corrected chi connectivity index (χ1v) is 5.27. The number of nitrogens with zero attached hydrogens (tertiary/aromatic N) is 1. The lowest BCUT2D eigenvalue weighted by molar-refractivity contribution is 0.191. The number of amidine groups is 1. The summed E-state index contributed by atoms with van der Waals surface area (Å²) in [5, 5.41) is 23.7. The van der Waals surface area contributed by atoms with Gasteiger partial charge in [-0.1, -0.05) is 19.0 Å². The number of nitrogens with one attached hydrogen (secondary N) is 1. The number of aliphatic hydroxyl groups is 1. The fourth-order valence-electron chi connectivity index (χ4n) is 1.23. The van der Waals surface area contributed by atoms with E-state index in [4.69, 9.17) is 16.0 Å². The highest BCUT2D eigenvalue weighted by molar-refractivity contribution is 5.85. The van der Waals surface area contributed by atoms with Crippen LogP contribution in [-0.2, 0) is 0 Å². The molecule has 0 fully saturated rings. The summed E-state index contributed by atoms with van der Waals surface area (Å²) in [6, 6.07) is 0. The maximum Gasteiger partial charge on any atom is 0.144 e. The lowest BCUT2D eigenvalue weighted by atomic mass is 9.86. The highest BCUT2D eigenvalue weighted by Gasteiger charge is 2.22. The van der Waals surface area contributed by atoms with Gasteiger partial charge in [-0.15, -0.1) is 0 Å². The topological polar surface area (TPSA) is 90.9 Å². The van der Waals surface area contributed by atoms with Crippen molar-refractivity contribution in [2.24, 2.45) is 16.3 Å². The smallest absolute Gasteiger partial charge is 0.144 e. The minimum Gasteiger partial charge on any atom is -0.409 e. The maximum atomic E-state index is 9.00. The number of aliphatic hydroxyl groups excluding tert-OH is 1. The molecule has 5 heteroatoms. The van der Waals surface area contributed by atoms with Gasteiger partial charge in [0.15, 0.2) is 0 Å². The molecule has 0 aliphatic rings. The minimum atomic E-state index is -0.318. The van der Waals surface area contributed by atoms with E-state index >= 15 is 0 Å². The lowest BCUT2D eigenvalue weighted by Gasteiger charge is -2.22. The fourth-order valence-corrected chi connectivity index (χ4v) is 1.23. The summed E-state index contributed by atoms with van der Waals surface area (Å²) in [5.41, 5.74) is 5.28. The van der Waals surface area contributed by atoms with E-state index in [1.54, 1.807) is 6.92 Å². The van der Waals surface area contributed by atoms with Gasteiger partial charge in [0, 0.05) is 12.0 Å². The maximum absolute atomic E-state index is 9.00. The Labute approximate surface area is 91.4 Å². The van der Waals surface area contributed by atoms with Crippen molar-refractivity contribution in [2.45, 2.75) is 39.7 Å². The van der Waals surface area contributed by atoms with Crippen molar-refractivity contribution in [1.29, 1.82) is 0 Å². The van der Waals surface area contributed by atoms with Crippen molar-refractivity contribution < 1.29 is 10.3 Å². The van der Waals surface area contributed by atoms with Gasteiger partial charge in [-0.2, -0.15) is 0 Å². The number of rotatable bonds is 7. The van der Waals surface area contributed by atoms with Crippen molar-refractivity contribution >= 4 is 5.84 Å². The predicted molar refractivity (Wildman–Crippen MR) is 61.0 cm³/mol. The summed E-state index contributed by atoms with van der Waals surface area (Å²) in [4.78, 5) is 0. The zero-order valence-electron chi connectivity index (χ0n) is 9.82. The molecule has 0 rings (SSSR count). The molecule has 0 bridgehead atoms. The molecule has 5 nitrogen and oxygen atoms in total. The van der Waals surface area contributed by atoms with Crippen molar-refractivity contribution in [3.63, 3.8) is 0 Å². The van der Waals surface area contributed by atoms with E-state index in [2.05, 4.69) is 10.5 Å². The van der Waals surface area contributed by atoms with Gasteiger partial charge in [0.25, 0.3) is 0 Å². The molecule has 0 radical (unpaired) electrons. The van der Waals surface area contributed by atoms with Crippen LogP contribution in [0.1, 0.15) is 33.6 Å². The Morgan fingerprint density at radius 2 is 2.13 bits per heavy atom. The molecule has 0 aliphatic carbocycles. The van der Waals surface area contributed by atoms with Crippen LogP contribution < -0.4 is 11.1 Å². The lowest BCUT2D eigenvalue weighted by Crippen LogP contribution is -2.33. The number of hydrogen-bond acceptors (Lipinski definition) is 4.